The summed E-state index contributed by atoms with van der Waals surface area (Å²) in [5.41, 5.74) is 0.0916. The van der Waals surface area contributed by atoms with Crippen molar-refractivity contribution in [3.05, 3.63) is 34.1 Å². The van der Waals surface area contributed by atoms with Crippen molar-refractivity contribution in [3.63, 3.8) is 0 Å². The molecule has 98 valence electrons. The highest BCUT2D eigenvalue weighted by atomic mass is 79.9. The van der Waals surface area contributed by atoms with E-state index in [1.807, 2.05) is 0 Å². The summed E-state index contributed by atoms with van der Waals surface area (Å²) in [5.74, 6) is -0.212. The third-order valence-electron chi connectivity index (χ3n) is 3.17. The van der Waals surface area contributed by atoms with Crippen LogP contribution in [0.5, 0.6) is 0 Å². The number of benzene rings is 1. The quantitative estimate of drug-likeness (QED) is 0.895. The molecule has 1 atom stereocenters. The molecule has 0 saturated carbocycles. The highest BCUT2D eigenvalue weighted by Gasteiger charge is 2.15. The van der Waals surface area contributed by atoms with Gasteiger partial charge in [0.25, 0.3) is 5.91 Å². The van der Waals surface area contributed by atoms with Crippen molar-refractivity contribution >= 4 is 21.8 Å². The molecular formula is C13H16BrFN2O. The Hall–Kier alpha value is -0.940. The second kappa shape index (κ2) is 6.29. The van der Waals surface area contributed by atoms with Gasteiger partial charge in [-0.05, 0) is 50.0 Å². The van der Waals surface area contributed by atoms with Crippen LogP contribution in [-0.4, -0.2) is 25.5 Å². The number of carbonyl (C=O) groups excluding carboxylic acids is 1. The maximum atomic E-state index is 13.5. The van der Waals surface area contributed by atoms with E-state index in [1.54, 1.807) is 6.07 Å². The zero-order chi connectivity index (χ0) is 13.0. The first kappa shape index (κ1) is 13.5. The van der Waals surface area contributed by atoms with Crippen molar-refractivity contribution in [3.8, 4) is 0 Å². The van der Waals surface area contributed by atoms with Crippen LogP contribution < -0.4 is 10.6 Å². The van der Waals surface area contributed by atoms with Gasteiger partial charge < -0.3 is 10.6 Å². The van der Waals surface area contributed by atoms with Gasteiger partial charge in [0, 0.05) is 11.0 Å². The van der Waals surface area contributed by atoms with Crippen LogP contribution in [0.25, 0.3) is 0 Å². The minimum absolute atomic E-state index is 0.0916. The standard InChI is InChI=1S/C13H16BrFN2O/c14-10-1-2-12(15)11(7-10)13(18)17-6-4-9-3-5-16-8-9/h1-2,7,9,16H,3-6,8H2,(H,17,18). The van der Waals surface area contributed by atoms with Crippen LogP contribution in [-0.2, 0) is 0 Å². The largest absolute Gasteiger partial charge is 0.352 e. The van der Waals surface area contributed by atoms with Crippen LogP contribution >= 0.6 is 15.9 Å². The summed E-state index contributed by atoms with van der Waals surface area (Å²) in [7, 11) is 0. The fourth-order valence-corrected chi connectivity index (χ4v) is 2.48. The maximum Gasteiger partial charge on any atom is 0.254 e. The minimum Gasteiger partial charge on any atom is -0.352 e. The van der Waals surface area contributed by atoms with Gasteiger partial charge in [-0.3, -0.25) is 4.79 Å². The van der Waals surface area contributed by atoms with Gasteiger partial charge >= 0.3 is 0 Å². The summed E-state index contributed by atoms with van der Waals surface area (Å²) in [6.45, 7) is 2.66. The average molecular weight is 315 g/mol. The fraction of sp³-hybridized carbons (Fsp3) is 0.462. The zero-order valence-corrected chi connectivity index (χ0v) is 11.6. The minimum atomic E-state index is -0.488. The molecule has 2 rings (SSSR count). The van der Waals surface area contributed by atoms with E-state index in [-0.39, 0.29) is 11.5 Å². The number of hydrogen-bond acceptors (Lipinski definition) is 2. The van der Waals surface area contributed by atoms with E-state index < -0.39 is 5.82 Å². The van der Waals surface area contributed by atoms with Gasteiger partial charge in [0.1, 0.15) is 5.82 Å². The average Bonchev–Trinajstić information content (AvgIpc) is 2.85. The van der Waals surface area contributed by atoms with E-state index >= 15 is 0 Å². The molecule has 3 nitrogen and oxygen atoms in total. The summed E-state index contributed by atoms with van der Waals surface area (Å²) in [5, 5.41) is 6.05. The van der Waals surface area contributed by atoms with E-state index in [1.165, 1.54) is 12.1 Å². The SMILES string of the molecule is O=C(NCCC1CCNC1)c1cc(Br)ccc1F. The van der Waals surface area contributed by atoms with Gasteiger partial charge in [0.15, 0.2) is 0 Å². The lowest BCUT2D eigenvalue weighted by Gasteiger charge is -2.10. The molecule has 1 fully saturated rings. The van der Waals surface area contributed by atoms with Gasteiger partial charge in [-0.15, -0.1) is 0 Å². The number of amides is 1. The lowest BCUT2D eigenvalue weighted by Crippen LogP contribution is -2.27. The lowest BCUT2D eigenvalue weighted by atomic mass is 10.1. The van der Waals surface area contributed by atoms with E-state index in [9.17, 15) is 9.18 Å². The summed E-state index contributed by atoms with van der Waals surface area (Å²) in [4.78, 5) is 11.8. The Morgan fingerprint density at radius 2 is 2.39 bits per heavy atom. The highest BCUT2D eigenvalue weighted by molar-refractivity contribution is 9.10. The van der Waals surface area contributed by atoms with Gasteiger partial charge in [0.05, 0.1) is 5.56 Å². The number of rotatable bonds is 4. The summed E-state index contributed by atoms with van der Waals surface area (Å²) < 4.78 is 14.2. The van der Waals surface area contributed by atoms with Crippen molar-refractivity contribution in [1.82, 2.24) is 10.6 Å². The first-order valence-corrected chi connectivity index (χ1v) is 6.90. The predicted octanol–water partition coefficient (Wildman–Crippen LogP) is 2.32. The second-order valence-electron chi connectivity index (χ2n) is 4.53. The third kappa shape index (κ3) is 3.53. The van der Waals surface area contributed by atoms with Crippen LogP contribution in [0, 0.1) is 11.7 Å². The monoisotopic (exact) mass is 314 g/mol. The van der Waals surface area contributed by atoms with E-state index in [4.69, 9.17) is 0 Å². The smallest absolute Gasteiger partial charge is 0.254 e. The zero-order valence-electron chi connectivity index (χ0n) is 10.0. The van der Waals surface area contributed by atoms with Crippen molar-refractivity contribution in [2.75, 3.05) is 19.6 Å². The molecule has 2 N–H and O–H groups in total. The number of nitrogens with one attached hydrogen (secondary N) is 2. The molecule has 1 aliphatic rings. The molecule has 1 aromatic carbocycles. The maximum absolute atomic E-state index is 13.5. The van der Waals surface area contributed by atoms with E-state index in [0.717, 1.165) is 25.9 Å². The Bertz CT molecular complexity index is 433. The Morgan fingerprint density at radius 1 is 1.56 bits per heavy atom. The molecule has 1 aliphatic heterocycles. The van der Waals surface area contributed by atoms with E-state index in [2.05, 4.69) is 26.6 Å². The Kier molecular flexibility index (Phi) is 4.72. The molecule has 0 bridgehead atoms. The molecule has 1 unspecified atom stereocenters. The molecule has 0 radical (unpaired) electrons. The van der Waals surface area contributed by atoms with E-state index in [0.29, 0.717) is 16.9 Å². The molecule has 1 heterocycles. The van der Waals surface area contributed by atoms with Gasteiger partial charge in [-0.25, -0.2) is 4.39 Å². The first-order valence-electron chi connectivity index (χ1n) is 6.11. The second-order valence-corrected chi connectivity index (χ2v) is 5.44. The van der Waals surface area contributed by atoms with Crippen molar-refractivity contribution in [1.29, 1.82) is 0 Å². The van der Waals surface area contributed by atoms with Crippen LogP contribution in [0.4, 0.5) is 4.39 Å². The van der Waals surface area contributed by atoms with Crippen molar-refractivity contribution in [2.45, 2.75) is 12.8 Å². The van der Waals surface area contributed by atoms with Crippen LogP contribution in [0.1, 0.15) is 23.2 Å². The Labute approximate surface area is 114 Å². The Morgan fingerprint density at radius 3 is 3.11 bits per heavy atom. The molecule has 1 amide bonds. The number of halogens is 2. The fourth-order valence-electron chi connectivity index (χ4n) is 2.12. The van der Waals surface area contributed by atoms with Crippen molar-refractivity contribution in [2.24, 2.45) is 5.92 Å². The first-order chi connectivity index (χ1) is 8.66. The van der Waals surface area contributed by atoms with Crippen LogP contribution in [0.15, 0.2) is 22.7 Å². The normalized spacial score (nSPS) is 18.9. The molecule has 18 heavy (non-hydrogen) atoms. The summed E-state index contributed by atoms with van der Waals surface area (Å²) >= 11 is 3.23. The predicted molar refractivity (Wildman–Crippen MR) is 72.0 cm³/mol. The summed E-state index contributed by atoms with van der Waals surface area (Å²) in [6, 6.07) is 4.37. The number of hydrogen-bond donors (Lipinski definition) is 2. The van der Waals surface area contributed by atoms with Gasteiger partial charge in [-0.1, -0.05) is 15.9 Å². The topological polar surface area (TPSA) is 41.1 Å². The van der Waals surface area contributed by atoms with Crippen molar-refractivity contribution < 1.29 is 9.18 Å². The summed E-state index contributed by atoms with van der Waals surface area (Å²) in [6.07, 6.45) is 2.09. The van der Waals surface area contributed by atoms with Gasteiger partial charge in [-0.2, -0.15) is 0 Å². The number of carbonyl (C=O) groups is 1. The van der Waals surface area contributed by atoms with Crippen LogP contribution in [0.2, 0.25) is 0 Å². The molecule has 0 spiro atoms. The Balaban J connectivity index is 1.85. The molecule has 1 saturated heterocycles. The molecule has 5 heteroatoms. The van der Waals surface area contributed by atoms with Crippen LogP contribution in [0.3, 0.4) is 0 Å². The third-order valence-corrected chi connectivity index (χ3v) is 3.67. The molecule has 0 aromatic heterocycles. The highest BCUT2D eigenvalue weighted by Crippen LogP contribution is 2.16. The molecule has 0 aliphatic carbocycles. The lowest BCUT2D eigenvalue weighted by molar-refractivity contribution is 0.0947. The van der Waals surface area contributed by atoms with Gasteiger partial charge in [0.2, 0.25) is 0 Å². The molecular weight excluding hydrogens is 299 g/mol. The molecule has 1 aromatic rings.